The Labute approximate surface area is 152 Å². The molecule has 6 heteroatoms. The summed E-state index contributed by atoms with van der Waals surface area (Å²) in [6.45, 7) is 6.18. The highest BCUT2D eigenvalue weighted by atomic mass is 16.1. The first-order valence-electron chi connectivity index (χ1n) is 8.39. The van der Waals surface area contributed by atoms with Crippen LogP contribution in [0.15, 0.2) is 48.7 Å². The van der Waals surface area contributed by atoms with Gasteiger partial charge in [-0.15, -0.1) is 0 Å². The number of aromatic nitrogens is 3. The van der Waals surface area contributed by atoms with E-state index in [2.05, 4.69) is 31.7 Å². The smallest absolute Gasteiger partial charge is 0.270 e. The number of nitrogens with one attached hydrogen (secondary N) is 2. The van der Waals surface area contributed by atoms with Gasteiger partial charge in [0.2, 0.25) is 0 Å². The molecule has 0 saturated heterocycles. The van der Waals surface area contributed by atoms with E-state index in [0.29, 0.717) is 23.9 Å². The van der Waals surface area contributed by atoms with Gasteiger partial charge in [-0.3, -0.25) is 9.78 Å². The van der Waals surface area contributed by atoms with Gasteiger partial charge >= 0.3 is 0 Å². The zero-order chi connectivity index (χ0) is 18.5. The molecule has 132 valence electrons. The van der Waals surface area contributed by atoms with Crippen LogP contribution in [0.25, 0.3) is 0 Å². The summed E-state index contributed by atoms with van der Waals surface area (Å²) < 4.78 is 0. The largest absolute Gasteiger partial charge is 0.345 e. The number of benzene rings is 1. The molecule has 0 atom stereocenters. The minimum Gasteiger partial charge on any atom is -0.345 e. The molecular weight excluding hydrogens is 326 g/mol. The van der Waals surface area contributed by atoms with Crippen LogP contribution in [0, 0.1) is 20.8 Å². The Kier molecular flexibility index (Phi) is 5.22. The van der Waals surface area contributed by atoms with Gasteiger partial charge in [0.1, 0.15) is 17.3 Å². The molecule has 0 saturated carbocycles. The Morgan fingerprint density at radius 1 is 1.04 bits per heavy atom. The first-order valence-corrected chi connectivity index (χ1v) is 8.39. The SMILES string of the molecule is Cc1ccc(C)c(Nc2cc(C(=O)NCc3ccccn3)nc(C)n2)c1. The van der Waals surface area contributed by atoms with E-state index in [9.17, 15) is 4.79 Å². The zero-order valence-electron chi connectivity index (χ0n) is 15.1. The van der Waals surface area contributed by atoms with Gasteiger partial charge in [0.05, 0.1) is 12.2 Å². The Balaban J connectivity index is 1.76. The van der Waals surface area contributed by atoms with Crippen LogP contribution in [0.1, 0.15) is 33.1 Å². The minimum absolute atomic E-state index is 0.259. The fourth-order valence-corrected chi connectivity index (χ4v) is 2.52. The molecule has 0 radical (unpaired) electrons. The van der Waals surface area contributed by atoms with Crippen LogP contribution in [-0.2, 0) is 6.54 Å². The molecule has 2 N–H and O–H groups in total. The number of rotatable bonds is 5. The fourth-order valence-electron chi connectivity index (χ4n) is 2.52. The summed E-state index contributed by atoms with van der Waals surface area (Å²) in [6, 6.07) is 13.4. The molecule has 0 spiro atoms. The number of carbonyl (C=O) groups is 1. The van der Waals surface area contributed by atoms with Crippen LogP contribution in [-0.4, -0.2) is 20.9 Å². The quantitative estimate of drug-likeness (QED) is 0.739. The topological polar surface area (TPSA) is 79.8 Å². The average Bonchev–Trinajstić information content (AvgIpc) is 2.63. The van der Waals surface area contributed by atoms with Crippen molar-refractivity contribution in [3.8, 4) is 0 Å². The Morgan fingerprint density at radius 3 is 2.65 bits per heavy atom. The molecule has 0 bridgehead atoms. The van der Waals surface area contributed by atoms with Crippen molar-refractivity contribution in [1.82, 2.24) is 20.3 Å². The molecule has 0 unspecified atom stereocenters. The summed E-state index contributed by atoms with van der Waals surface area (Å²) in [5, 5.41) is 6.11. The number of amides is 1. The third kappa shape index (κ3) is 4.42. The van der Waals surface area contributed by atoms with E-state index in [4.69, 9.17) is 0 Å². The summed E-state index contributed by atoms with van der Waals surface area (Å²) in [5.74, 6) is 0.864. The lowest BCUT2D eigenvalue weighted by Gasteiger charge is -2.11. The fraction of sp³-hybridized carbons (Fsp3) is 0.200. The van der Waals surface area contributed by atoms with Crippen molar-refractivity contribution in [2.75, 3.05) is 5.32 Å². The van der Waals surface area contributed by atoms with Crippen LogP contribution >= 0.6 is 0 Å². The molecule has 2 heterocycles. The van der Waals surface area contributed by atoms with Gasteiger partial charge < -0.3 is 10.6 Å². The zero-order valence-corrected chi connectivity index (χ0v) is 15.1. The maximum absolute atomic E-state index is 12.4. The molecule has 0 aliphatic heterocycles. The van der Waals surface area contributed by atoms with Gasteiger partial charge in [-0.1, -0.05) is 18.2 Å². The van der Waals surface area contributed by atoms with Gasteiger partial charge in [0.15, 0.2) is 0 Å². The highest BCUT2D eigenvalue weighted by Gasteiger charge is 2.11. The Bertz CT molecular complexity index is 925. The van der Waals surface area contributed by atoms with Gasteiger partial charge in [0.25, 0.3) is 5.91 Å². The van der Waals surface area contributed by atoms with Gasteiger partial charge in [0, 0.05) is 18.0 Å². The predicted molar refractivity (Wildman–Crippen MR) is 101 cm³/mol. The van der Waals surface area contributed by atoms with E-state index in [-0.39, 0.29) is 5.91 Å². The first-order chi connectivity index (χ1) is 12.5. The molecule has 0 aliphatic rings. The third-order valence-electron chi connectivity index (χ3n) is 3.88. The molecule has 1 amide bonds. The van der Waals surface area contributed by atoms with Crippen molar-refractivity contribution in [3.05, 3.63) is 77.0 Å². The van der Waals surface area contributed by atoms with E-state index < -0.39 is 0 Å². The van der Waals surface area contributed by atoms with E-state index in [1.54, 1.807) is 19.2 Å². The number of pyridine rings is 1. The van der Waals surface area contributed by atoms with Crippen molar-refractivity contribution < 1.29 is 4.79 Å². The standard InChI is InChI=1S/C20H21N5O/c1-13-7-8-14(2)17(10-13)25-19-11-18(23-15(3)24-19)20(26)22-12-16-6-4-5-9-21-16/h4-11H,12H2,1-3H3,(H,22,26)(H,23,24,25). The van der Waals surface area contributed by atoms with Crippen molar-refractivity contribution in [2.24, 2.45) is 0 Å². The summed E-state index contributed by atoms with van der Waals surface area (Å²) in [4.78, 5) is 25.3. The van der Waals surface area contributed by atoms with Crippen molar-refractivity contribution in [3.63, 3.8) is 0 Å². The van der Waals surface area contributed by atoms with Gasteiger partial charge in [-0.2, -0.15) is 0 Å². The van der Waals surface area contributed by atoms with E-state index >= 15 is 0 Å². The Hall–Kier alpha value is -3.28. The molecule has 0 aliphatic carbocycles. The van der Waals surface area contributed by atoms with Crippen LogP contribution in [0.4, 0.5) is 11.5 Å². The molecule has 0 fully saturated rings. The normalized spacial score (nSPS) is 10.4. The molecule has 2 aromatic heterocycles. The summed E-state index contributed by atoms with van der Waals surface area (Å²) in [5.41, 5.74) is 4.33. The van der Waals surface area contributed by atoms with Crippen LogP contribution in [0.2, 0.25) is 0 Å². The second kappa shape index (κ2) is 7.74. The van der Waals surface area contributed by atoms with Crippen molar-refractivity contribution in [1.29, 1.82) is 0 Å². The first kappa shape index (κ1) is 17.5. The molecule has 3 rings (SSSR count). The second-order valence-electron chi connectivity index (χ2n) is 6.13. The average molecular weight is 347 g/mol. The van der Waals surface area contributed by atoms with Crippen LogP contribution in [0.3, 0.4) is 0 Å². The maximum atomic E-state index is 12.4. The lowest BCUT2D eigenvalue weighted by atomic mass is 10.1. The lowest BCUT2D eigenvalue weighted by molar-refractivity contribution is 0.0945. The monoisotopic (exact) mass is 347 g/mol. The number of anilines is 2. The molecular formula is C20H21N5O. The summed E-state index contributed by atoms with van der Waals surface area (Å²) in [7, 11) is 0. The van der Waals surface area contributed by atoms with E-state index in [1.807, 2.05) is 44.2 Å². The maximum Gasteiger partial charge on any atom is 0.270 e. The lowest BCUT2D eigenvalue weighted by Crippen LogP contribution is -2.24. The van der Waals surface area contributed by atoms with Crippen molar-refractivity contribution in [2.45, 2.75) is 27.3 Å². The number of hydrogen-bond acceptors (Lipinski definition) is 5. The highest BCUT2D eigenvalue weighted by Crippen LogP contribution is 2.21. The highest BCUT2D eigenvalue weighted by molar-refractivity contribution is 5.93. The van der Waals surface area contributed by atoms with E-state index in [0.717, 1.165) is 22.5 Å². The number of hydrogen-bond donors (Lipinski definition) is 2. The molecule has 26 heavy (non-hydrogen) atoms. The van der Waals surface area contributed by atoms with Crippen LogP contribution in [0.5, 0.6) is 0 Å². The predicted octanol–water partition coefficient (Wildman–Crippen LogP) is 3.47. The van der Waals surface area contributed by atoms with Crippen molar-refractivity contribution >= 4 is 17.4 Å². The summed E-state index contributed by atoms with van der Waals surface area (Å²) in [6.07, 6.45) is 1.70. The summed E-state index contributed by atoms with van der Waals surface area (Å²) >= 11 is 0. The molecule has 3 aromatic rings. The van der Waals surface area contributed by atoms with E-state index in [1.165, 1.54) is 0 Å². The minimum atomic E-state index is -0.259. The van der Waals surface area contributed by atoms with Gasteiger partial charge in [-0.25, -0.2) is 9.97 Å². The number of nitrogens with zero attached hydrogens (tertiary/aromatic N) is 3. The Morgan fingerprint density at radius 2 is 1.88 bits per heavy atom. The van der Waals surface area contributed by atoms with Gasteiger partial charge in [-0.05, 0) is 50.1 Å². The number of carbonyl (C=O) groups excluding carboxylic acids is 1. The third-order valence-corrected chi connectivity index (χ3v) is 3.88. The molecule has 6 nitrogen and oxygen atoms in total. The number of aryl methyl sites for hydroxylation is 3. The second-order valence-corrected chi connectivity index (χ2v) is 6.13. The molecule has 1 aromatic carbocycles. The van der Waals surface area contributed by atoms with Crippen LogP contribution < -0.4 is 10.6 Å².